The molecule has 3 rings (SSSR count). The normalized spacial score (nSPS) is 13.0. The van der Waals surface area contributed by atoms with Gasteiger partial charge in [-0.25, -0.2) is 4.79 Å². The number of aryl methyl sites for hydroxylation is 2. The van der Waals surface area contributed by atoms with E-state index in [1.54, 1.807) is 0 Å². The summed E-state index contributed by atoms with van der Waals surface area (Å²) in [5, 5.41) is 10.1. The van der Waals surface area contributed by atoms with Crippen molar-refractivity contribution >= 4 is 5.97 Å². The zero-order valence-electron chi connectivity index (χ0n) is 18.5. The Morgan fingerprint density at radius 1 is 1.06 bits per heavy atom. The van der Waals surface area contributed by atoms with Crippen LogP contribution in [-0.2, 0) is 29.6 Å². The maximum Gasteiger partial charge on any atom is 0.330 e. The van der Waals surface area contributed by atoms with E-state index in [9.17, 15) is 9.90 Å². The quantitative estimate of drug-likeness (QED) is 0.405. The number of carbonyl (C=O) groups is 1. The summed E-state index contributed by atoms with van der Waals surface area (Å²) in [7, 11) is 0. The van der Waals surface area contributed by atoms with Gasteiger partial charge in [0.05, 0.1) is 6.61 Å². The van der Waals surface area contributed by atoms with Crippen LogP contribution in [0, 0.1) is 0 Å². The van der Waals surface area contributed by atoms with E-state index in [-0.39, 0.29) is 0 Å². The standard InChI is InChI=1S/C26H32N2O3/c1-3-15-26(25(29)30,28-16-5-6-17-28)19-22-10-13-24(14-11-22)31-18-7-8-23-12-9-21(4-2)20-27-23/h5-6,9-14,16-17,20H,3-4,7-8,15,18-19H2,1-2H3,(H,29,30)/t26-/m1/s1. The molecule has 5 nitrogen and oxygen atoms in total. The number of hydrogen-bond acceptors (Lipinski definition) is 3. The fraction of sp³-hybridized carbons (Fsp3) is 0.385. The Hall–Kier alpha value is -3.08. The van der Waals surface area contributed by atoms with Gasteiger partial charge in [-0.15, -0.1) is 0 Å². The summed E-state index contributed by atoms with van der Waals surface area (Å²) in [5.41, 5.74) is 2.35. The first-order valence-electron chi connectivity index (χ1n) is 11.1. The van der Waals surface area contributed by atoms with Crippen LogP contribution in [0.2, 0.25) is 0 Å². The maximum absolute atomic E-state index is 12.3. The monoisotopic (exact) mass is 420 g/mol. The van der Waals surface area contributed by atoms with Crippen LogP contribution in [0.5, 0.6) is 5.75 Å². The second-order valence-electron chi connectivity index (χ2n) is 7.96. The fourth-order valence-electron chi connectivity index (χ4n) is 3.93. The van der Waals surface area contributed by atoms with Crippen LogP contribution in [0.3, 0.4) is 0 Å². The van der Waals surface area contributed by atoms with Crippen molar-refractivity contribution in [3.63, 3.8) is 0 Å². The summed E-state index contributed by atoms with van der Waals surface area (Å²) >= 11 is 0. The van der Waals surface area contributed by atoms with Crippen molar-refractivity contribution in [2.45, 2.75) is 57.9 Å². The number of hydrogen-bond donors (Lipinski definition) is 1. The lowest BCUT2D eigenvalue weighted by Crippen LogP contribution is -2.43. The molecule has 0 aliphatic carbocycles. The highest BCUT2D eigenvalue weighted by atomic mass is 16.5. The summed E-state index contributed by atoms with van der Waals surface area (Å²) in [6.07, 6.45) is 10.2. The lowest BCUT2D eigenvalue weighted by Gasteiger charge is -2.31. The average Bonchev–Trinajstić information content (AvgIpc) is 3.33. The molecule has 0 aliphatic heterocycles. The van der Waals surface area contributed by atoms with E-state index in [4.69, 9.17) is 4.74 Å². The van der Waals surface area contributed by atoms with Gasteiger partial charge in [-0.2, -0.15) is 0 Å². The molecule has 1 N–H and O–H groups in total. The molecule has 1 aromatic carbocycles. The predicted octanol–water partition coefficient (Wildman–Crippen LogP) is 5.28. The van der Waals surface area contributed by atoms with Crippen LogP contribution in [0.4, 0.5) is 0 Å². The molecule has 0 aliphatic rings. The summed E-state index contributed by atoms with van der Waals surface area (Å²) < 4.78 is 7.70. The Morgan fingerprint density at radius 2 is 1.77 bits per heavy atom. The maximum atomic E-state index is 12.3. The van der Waals surface area contributed by atoms with Gasteiger partial charge in [0.1, 0.15) is 11.3 Å². The highest BCUT2D eigenvalue weighted by Crippen LogP contribution is 2.29. The number of nitrogens with zero attached hydrogens (tertiary/aromatic N) is 2. The van der Waals surface area contributed by atoms with Crippen LogP contribution in [-0.4, -0.2) is 27.2 Å². The molecule has 2 heterocycles. The van der Waals surface area contributed by atoms with Crippen molar-refractivity contribution in [3.05, 3.63) is 83.9 Å². The highest BCUT2D eigenvalue weighted by Gasteiger charge is 2.39. The van der Waals surface area contributed by atoms with Gasteiger partial charge in [-0.1, -0.05) is 38.5 Å². The van der Waals surface area contributed by atoms with E-state index < -0.39 is 11.5 Å². The number of benzene rings is 1. The average molecular weight is 421 g/mol. The van der Waals surface area contributed by atoms with E-state index in [0.29, 0.717) is 19.4 Å². The van der Waals surface area contributed by atoms with Gasteiger partial charge in [0.2, 0.25) is 0 Å². The Morgan fingerprint density at radius 3 is 2.35 bits per heavy atom. The van der Waals surface area contributed by atoms with E-state index in [0.717, 1.165) is 42.7 Å². The molecule has 0 fully saturated rings. The smallest absolute Gasteiger partial charge is 0.330 e. The topological polar surface area (TPSA) is 64.3 Å². The van der Waals surface area contributed by atoms with Gasteiger partial charge in [0.25, 0.3) is 0 Å². The van der Waals surface area contributed by atoms with Gasteiger partial charge >= 0.3 is 5.97 Å². The van der Waals surface area contributed by atoms with Gasteiger partial charge in [0, 0.05) is 30.7 Å². The lowest BCUT2D eigenvalue weighted by molar-refractivity contribution is -0.148. The molecule has 3 aromatic rings. The Kier molecular flexibility index (Phi) is 7.88. The highest BCUT2D eigenvalue weighted by molar-refractivity contribution is 5.77. The number of aliphatic carboxylic acids is 1. The van der Waals surface area contributed by atoms with E-state index in [1.165, 1.54) is 5.56 Å². The minimum absolute atomic E-state index is 0.435. The first kappa shape index (κ1) is 22.6. The van der Waals surface area contributed by atoms with E-state index in [1.807, 2.05) is 66.5 Å². The molecule has 0 radical (unpaired) electrons. The Labute approximate surface area is 184 Å². The van der Waals surface area contributed by atoms with E-state index in [2.05, 4.69) is 24.0 Å². The molecule has 164 valence electrons. The summed E-state index contributed by atoms with van der Waals surface area (Å²) in [6.45, 7) is 4.77. The number of carboxylic acid groups (broad SMARTS) is 1. The second-order valence-corrected chi connectivity index (χ2v) is 7.96. The molecule has 2 aromatic heterocycles. The molecule has 31 heavy (non-hydrogen) atoms. The van der Waals surface area contributed by atoms with Crippen LogP contribution in [0.1, 0.15) is 49.9 Å². The SMILES string of the molecule is CCC[C@@](Cc1ccc(OCCCc2ccc(CC)cn2)cc1)(C(=O)O)n1cccc1. The van der Waals surface area contributed by atoms with Crippen molar-refractivity contribution in [1.82, 2.24) is 9.55 Å². The minimum Gasteiger partial charge on any atom is -0.494 e. The van der Waals surface area contributed by atoms with Crippen LogP contribution in [0.25, 0.3) is 0 Å². The molecule has 0 unspecified atom stereocenters. The molecule has 0 amide bonds. The zero-order chi connectivity index (χ0) is 22.1. The molecular formula is C26H32N2O3. The van der Waals surface area contributed by atoms with Crippen molar-refractivity contribution in [2.75, 3.05) is 6.61 Å². The lowest BCUT2D eigenvalue weighted by atomic mass is 9.86. The van der Waals surface area contributed by atoms with Gasteiger partial charge in [0.15, 0.2) is 0 Å². The summed E-state index contributed by atoms with van der Waals surface area (Å²) in [4.78, 5) is 16.7. The number of pyridine rings is 1. The summed E-state index contributed by atoms with van der Waals surface area (Å²) in [5.74, 6) is 0.00174. The first-order chi connectivity index (χ1) is 15.1. The fourth-order valence-corrected chi connectivity index (χ4v) is 3.93. The molecule has 0 spiro atoms. The van der Waals surface area contributed by atoms with Crippen molar-refractivity contribution in [3.8, 4) is 5.75 Å². The molecule has 0 bridgehead atoms. The van der Waals surface area contributed by atoms with Crippen LogP contribution >= 0.6 is 0 Å². The Balaban J connectivity index is 1.56. The third-order valence-corrected chi connectivity index (χ3v) is 5.72. The number of rotatable bonds is 12. The number of ether oxygens (including phenoxy) is 1. The van der Waals surface area contributed by atoms with Gasteiger partial charge < -0.3 is 14.4 Å². The zero-order valence-corrected chi connectivity index (χ0v) is 18.5. The third kappa shape index (κ3) is 5.75. The van der Waals surface area contributed by atoms with Crippen molar-refractivity contribution in [2.24, 2.45) is 0 Å². The van der Waals surface area contributed by atoms with Gasteiger partial charge in [-0.05, 0) is 67.1 Å². The van der Waals surface area contributed by atoms with Crippen molar-refractivity contribution in [1.29, 1.82) is 0 Å². The summed E-state index contributed by atoms with van der Waals surface area (Å²) in [6, 6.07) is 15.8. The second kappa shape index (κ2) is 10.8. The molecular weight excluding hydrogens is 388 g/mol. The van der Waals surface area contributed by atoms with Gasteiger partial charge in [-0.3, -0.25) is 4.98 Å². The largest absolute Gasteiger partial charge is 0.494 e. The first-order valence-corrected chi connectivity index (χ1v) is 11.1. The molecule has 0 saturated heterocycles. The molecule has 1 atom stereocenters. The van der Waals surface area contributed by atoms with Crippen molar-refractivity contribution < 1.29 is 14.6 Å². The van der Waals surface area contributed by atoms with E-state index >= 15 is 0 Å². The Bertz CT molecular complexity index is 934. The number of aromatic nitrogens is 2. The van der Waals surface area contributed by atoms with Crippen LogP contribution in [0.15, 0.2) is 67.1 Å². The molecule has 5 heteroatoms. The predicted molar refractivity (Wildman–Crippen MR) is 123 cm³/mol. The molecule has 0 saturated carbocycles. The van der Waals surface area contributed by atoms with Crippen LogP contribution < -0.4 is 4.74 Å². The number of carboxylic acids is 1. The third-order valence-electron chi connectivity index (χ3n) is 5.72. The minimum atomic E-state index is -0.971.